The molecule has 0 aromatic carbocycles. The minimum atomic E-state index is -1.55. The molecular weight excluding hydrogens is 234 g/mol. The van der Waals surface area contributed by atoms with Crippen molar-refractivity contribution in [3.8, 4) is 0 Å². The summed E-state index contributed by atoms with van der Waals surface area (Å²) in [6.07, 6.45) is 2.40. The highest BCUT2D eigenvalue weighted by atomic mass is 16.5. The summed E-state index contributed by atoms with van der Waals surface area (Å²) >= 11 is 0. The number of ether oxygens (including phenoxy) is 1. The van der Waals surface area contributed by atoms with E-state index in [1.54, 1.807) is 4.90 Å². The zero-order valence-corrected chi connectivity index (χ0v) is 11.2. The van der Waals surface area contributed by atoms with Gasteiger partial charge in [0.25, 0.3) is 0 Å². The number of aliphatic carboxylic acids is 1. The summed E-state index contributed by atoms with van der Waals surface area (Å²) in [7, 11) is 0. The summed E-state index contributed by atoms with van der Waals surface area (Å²) in [5, 5.41) is 9.50. The zero-order valence-electron chi connectivity index (χ0n) is 11.2. The molecule has 0 amide bonds. The van der Waals surface area contributed by atoms with Crippen LogP contribution in [0.3, 0.4) is 0 Å². The highest BCUT2D eigenvalue weighted by molar-refractivity contribution is 6.04. The van der Waals surface area contributed by atoms with Crippen LogP contribution in [0.1, 0.15) is 33.6 Å². The molecule has 1 fully saturated rings. The molecule has 0 aliphatic carbocycles. The van der Waals surface area contributed by atoms with E-state index in [0.29, 0.717) is 13.0 Å². The Balaban J connectivity index is 3.10. The SMILES string of the molecule is C=CCOC(=O)[C@@]1(C(=O)O)CCCN1C(C)(C)C. The topological polar surface area (TPSA) is 66.8 Å². The van der Waals surface area contributed by atoms with Gasteiger partial charge in [0.2, 0.25) is 5.54 Å². The van der Waals surface area contributed by atoms with Gasteiger partial charge in [0, 0.05) is 12.1 Å². The summed E-state index contributed by atoms with van der Waals surface area (Å²) in [5.74, 6) is -1.83. The molecule has 1 aliphatic rings. The molecule has 102 valence electrons. The first-order chi connectivity index (χ1) is 8.26. The molecule has 0 bridgehead atoms. The fourth-order valence-corrected chi connectivity index (χ4v) is 2.50. The molecule has 0 aromatic rings. The van der Waals surface area contributed by atoms with E-state index in [0.717, 1.165) is 0 Å². The largest absolute Gasteiger partial charge is 0.479 e. The third-order valence-corrected chi connectivity index (χ3v) is 3.21. The van der Waals surface area contributed by atoms with Gasteiger partial charge in [0.15, 0.2) is 0 Å². The molecular formula is C13H21NO4. The third-order valence-electron chi connectivity index (χ3n) is 3.21. The molecule has 1 N–H and O–H groups in total. The minimum Gasteiger partial charge on any atom is -0.479 e. The van der Waals surface area contributed by atoms with Gasteiger partial charge < -0.3 is 9.84 Å². The van der Waals surface area contributed by atoms with E-state index in [2.05, 4.69) is 6.58 Å². The number of hydrogen-bond acceptors (Lipinski definition) is 4. The zero-order chi connectivity index (χ0) is 14.0. The Bertz CT molecular complexity index is 358. The van der Waals surface area contributed by atoms with E-state index in [-0.39, 0.29) is 13.0 Å². The summed E-state index contributed by atoms with van der Waals surface area (Å²) in [6.45, 7) is 9.77. The van der Waals surface area contributed by atoms with Gasteiger partial charge in [-0.2, -0.15) is 0 Å². The predicted octanol–water partition coefficient (Wildman–Crippen LogP) is 1.43. The lowest BCUT2D eigenvalue weighted by atomic mass is 9.92. The van der Waals surface area contributed by atoms with Gasteiger partial charge in [-0.15, -0.1) is 0 Å². The van der Waals surface area contributed by atoms with Gasteiger partial charge in [-0.3, -0.25) is 4.90 Å². The number of esters is 1. The Morgan fingerprint density at radius 3 is 2.56 bits per heavy atom. The van der Waals surface area contributed by atoms with Crippen LogP contribution in [-0.4, -0.2) is 46.2 Å². The van der Waals surface area contributed by atoms with Crippen LogP contribution in [0, 0.1) is 0 Å². The fourth-order valence-electron chi connectivity index (χ4n) is 2.50. The maximum atomic E-state index is 12.1. The quantitative estimate of drug-likeness (QED) is 0.467. The summed E-state index contributed by atoms with van der Waals surface area (Å²) in [5.41, 5.74) is -1.96. The second kappa shape index (κ2) is 5.10. The maximum Gasteiger partial charge on any atom is 0.338 e. The lowest BCUT2D eigenvalue weighted by Crippen LogP contribution is -2.62. The van der Waals surface area contributed by atoms with Crippen LogP contribution in [-0.2, 0) is 14.3 Å². The van der Waals surface area contributed by atoms with Crippen LogP contribution in [0.5, 0.6) is 0 Å². The van der Waals surface area contributed by atoms with Crippen molar-refractivity contribution in [1.82, 2.24) is 4.90 Å². The standard InChI is InChI=1S/C13H21NO4/c1-5-9-18-11(17)13(10(15)16)7-6-8-14(13)12(2,3)4/h5H,1,6-9H2,2-4H3,(H,15,16)/t13-/m0/s1. The summed E-state index contributed by atoms with van der Waals surface area (Å²) < 4.78 is 4.99. The monoisotopic (exact) mass is 255 g/mol. The number of nitrogens with zero attached hydrogens (tertiary/aromatic N) is 1. The van der Waals surface area contributed by atoms with E-state index in [4.69, 9.17) is 4.74 Å². The molecule has 0 spiro atoms. The normalized spacial score (nSPS) is 24.8. The van der Waals surface area contributed by atoms with Crippen molar-refractivity contribution in [3.05, 3.63) is 12.7 Å². The molecule has 0 unspecified atom stereocenters. The van der Waals surface area contributed by atoms with Crippen molar-refractivity contribution in [2.24, 2.45) is 0 Å². The smallest absolute Gasteiger partial charge is 0.338 e. The molecule has 1 heterocycles. The molecule has 18 heavy (non-hydrogen) atoms. The number of rotatable bonds is 4. The van der Waals surface area contributed by atoms with Crippen molar-refractivity contribution in [2.45, 2.75) is 44.7 Å². The van der Waals surface area contributed by atoms with Crippen LogP contribution in [0.25, 0.3) is 0 Å². The van der Waals surface area contributed by atoms with E-state index >= 15 is 0 Å². The van der Waals surface area contributed by atoms with Gasteiger partial charge >= 0.3 is 11.9 Å². The number of carboxylic acids is 1. The number of carbonyl (C=O) groups is 2. The van der Waals surface area contributed by atoms with Gasteiger partial charge in [0.05, 0.1) is 0 Å². The Labute approximate surface area is 107 Å². The third kappa shape index (κ3) is 2.41. The second-order valence-corrected chi connectivity index (χ2v) is 5.48. The first kappa shape index (κ1) is 14.7. The van der Waals surface area contributed by atoms with Crippen molar-refractivity contribution in [2.75, 3.05) is 13.2 Å². The first-order valence-electron chi connectivity index (χ1n) is 6.06. The Hall–Kier alpha value is -1.36. The van der Waals surface area contributed by atoms with Crippen LogP contribution in [0.2, 0.25) is 0 Å². The number of carboxylic acid groups (broad SMARTS) is 1. The average molecular weight is 255 g/mol. The van der Waals surface area contributed by atoms with Crippen LogP contribution in [0.15, 0.2) is 12.7 Å². The molecule has 1 rings (SSSR count). The van der Waals surface area contributed by atoms with Crippen molar-refractivity contribution in [1.29, 1.82) is 0 Å². The highest BCUT2D eigenvalue weighted by Gasteiger charge is 2.58. The molecule has 5 nitrogen and oxygen atoms in total. The predicted molar refractivity (Wildman–Crippen MR) is 67.2 cm³/mol. The fraction of sp³-hybridized carbons (Fsp3) is 0.692. The van der Waals surface area contributed by atoms with Crippen molar-refractivity contribution < 1.29 is 19.4 Å². The average Bonchev–Trinajstić information content (AvgIpc) is 2.70. The van der Waals surface area contributed by atoms with Crippen molar-refractivity contribution >= 4 is 11.9 Å². The lowest BCUT2D eigenvalue weighted by molar-refractivity contribution is -0.172. The number of hydrogen-bond donors (Lipinski definition) is 1. The van der Waals surface area contributed by atoms with Crippen LogP contribution in [0.4, 0.5) is 0 Å². The molecule has 0 saturated carbocycles. The van der Waals surface area contributed by atoms with Gasteiger partial charge in [0.1, 0.15) is 6.61 Å². The highest BCUT2D eigenvalue weighted by Crippen LogP contribution is 2.36. The lowest BCUT2D eigenvalue weighted by Gasteiger charge is -2.41. The van der Waals surface area contributed by atoms with E-state index in [1.165, 1.54) is 6.08 Å². The molecule has 5 heteroatoms. The van der Waals surface area contributed by atoms with Gasteiger partial charge in [-0.25, -0.2) is 9.59 Å². The van der Waals surface area contributed by atoms with E-state index in [9.17, 15) is 14.7 Å². The van der Waals surface area contributed by atoms with Crippen LogP contribution < -0.4 is 0 Å². The molecule has 0 aromatic heterocycles. The molecule has 1 saturated heterocycles. The number of carbonyl (C=O) groups excluding carboxylic acids is 1. The van der Waals surface area contributed by atoms with E-state index in [1.807, 2.05) is 20.8 Å². The van der Waals surface area contributed by atoms with E-state index < -0.39 is 23.0 Å². The first-order valence-corrected chi connectivity index (χ1v) is 6.06. The number of likely N-dealkylation sites (tertiary alicyclic amines) is 1. The second-order valence-electron chi connectivity index (χ2n) is 5.48. The van der Waals surface area contributed by atoms with Crippen LogP contribution >= 0.6 is 0 Å². The maximum absolute atomic E-state index is 12.1. The van der Waals surface area contributed by atoms with Gasteiger partial charge in [-0.1, -0.05) is 12.7 Å². The Kier molecular flexibility index (Phi) is 4.16. The van der Waals surface area contributed by atoms with Gasteiger partial charge in [-0.05, 0) is 33.6 Å². The minimum absolute atomic E-state index is 0.0336. The Morgan fingerprint density at radius 2 is 2.11 bits per heavy atom. The molecule has 1 aliphatic heterocycles. The van der Waals surface area contributed by atoms with Crippen molar-refractivity contribution in [3.63, 3.8) is 0 Å². The Morgan fingerprint density at radius 1 is 1.50 bits per heavy atom. The summed E-state index contributed by atoms with van der Waals surface area (Å²) in [4.78, 5) is 25.5. The molecule has 1 atom stereocenters. The summed E-state index contributed by atoms with van der Waals surface area (Å²) in [6, 6.07) is 0. The molecule has 0 radical (unpaired) electrons.